The summed E-state index contributed by atoms with van der Waals surface area (Å²) in [6.07, 6.45) is 5.65. The van der Waals surface area contributed by atoms with Crippen LogP contribution < -0.4 is 5.73 Å². The van der Waals surface area contributed by atoms with Gasteiger partial charge in [0.1, 0.15) is 5.82 Å². The molecular formula is C8H13N3. The van der Waals surface area contributed by atoms with Crippen LogP contribution in [0.2, 0.25) is 0 Å². The number of rotatable bonds is 1. The van der Waals surface area contributed by atoms with Gasteiger partial charge in [0.15, 0.2) is 0 Å². The van der Waals surface area contributed by atoms with Crippen molar-refractivity contribution in [2.75, 3.05) is 5.73 Å². The molecule has 0 aromatic carbocycles. The third-order valence-electron chi connectivity index (χ3n) is 2.45. The fourth-order valence-corrected chi connectivity index (χ4v) is 1.38. The zero-order chi connectivity index (χ0) is 7.84. The van der Waals surface area contributed by atoms with Crippen molar-refractivity contribution in [3.8, 4) is 0 Å². The van der Waals surface area contributed by atoms with E-state index in [0.29, 0.717) is 6.04 Å². The zero-order valence-electron chi connectivity index (χ0n) is 6.75. The van der Waals surface area contributed by atoms with Crippen molar-refractivity contribution >= 4 is 5.82 Å². The summed E-state index contributed by atoms with van der Waals surface area (Å²) in [6.45, 7) is 2.00. The minimum absolute atomic E-state index is 0.587. The maximum atomic E-state index is 5.81. The lowest BCUT2D eigenvalue weighted by Gasteiger charge is -2.26. The van der Waals surface area contributed by atoms with Gasteiger partial charge in [0, 0.05) is 5.56 Å². The van der Waals surface area contributed by atoms with E-state index < -0.39 is 0 Å². The molecule has 1 aliphatic carbocycles. The van der Waals surface area contributed by atoms with Crippen LogP contribution in [0.3, 0.4) is 0 Å². The lowest BCUT2D eigenvalue weighted by molar-refractivity contribution is 0.293. The van der Waals surface area contributed by atoms with Crippen LogP contribution in [0.5, 0.6) is 0 Å². The Balaban J connectivity index is 2.29. The molecule has 1 aromatic rings. The molecule has 0 radical (unpaired) electrons. The number of hydrogen-bond donors (Lipinski definition) is 1. The minimum Gasteiger partial charge on any atom is -0.384 e. The zero-order valence-corrected chi connectivity index (χ0v) is 6.75. The molecule has 1 aliphatic rings. The summed E-state index contributed by atoms with van der Waals surface area (Å²) in [5.41, 5.74) is 6.91. The molecule has 1 saturated carbocycles. The third-order valence-corrected chi connectivity index (χ3v) is 2.45. The molecule has 60 valence electrons. The maximum Gasteiger partial charge on any atom is 0.124 e. The predicted molar refractivity (Wildman–Crippen MR) is 44.3 cm³/mol. The van der Waals surface area contributed by atoms with E-state index >= 15 is 0 Å². The Bertz CT molecular complexity index is 260. The molecular weight excluding hydrogens is 138 g/mol. The molecule has 0 bridgehead atoms. The fourth-order valence-electron chi connectivity index (χ4n) is 1.38. The number of nitrogen functional groups attached to an aromatic ring is 1. The van der Waals surface area contributed by atoms with Crippen LogP contribution in [0.4, 0.5) is 5.82 Å². The standard InChI is InChI=1S/C8H13N3/c1-6-5-10-11(8(6)9)7-3-2-4-7/h5,7H,2-4,9H2,1H3. The van der Waals surface area contributed by atoms with Gasteiger partial charge in [-0.05, 0) is 26.2 Å². The van der Waals surface area contributed by atoms with Crippen molar-refractivity contribution in [1.82, 2.24) is 9.78 Å². The Kier molecular flexibility index (Phi) is 1.37. The molecule has 0 amide bonds. The number of nitrogens with zero attached hydrogens (tertiary/aromatic N) is 2. The quantitative estimate of drug-likeness (QED) is 0.661. The second-order valence-corrected chi connectivity index (χ2v) is 3.24. The molecule has 3 nitrogen and oxygen atoms in total. The molecule has 0 aliphatic heterocycles. The van der Waals surface area contributed by atoms with E-state index in [0.717, 1.165) is 11.4 Å². The first-order valence-electron chi connectivity index (χ1n) is 4.08. The second-order valence-electron chi connectivity index (χ2n) is 3.24. The average Bonchev–Trinajstić information content (AvgIpc) is 2.15. The number of hydrogen-bond acceptors (Lipinski definition) is 2. The van der Waals surface area contributed by atoms with E-state index in [1.807, 2.05) is 17.8 Å². The lowest BCUT2D eigenvalue weighted by Crippen LogP contribution is -2.19. The smallest absolute Gasteiger partial charge is 0.124 e. The van der Waals surface area contributed by atoms with Gasteiger partial charge in [-0.2, -0.15) is 5.10 Å². The van der Waals surface area contributed by atoms with Crippen molar-refractivity contribution in [3.05, 3.63) is 11.8 Å². The summed E-state index contributed by atoms with van der Waals surface area (Å²) in [6, 6.07) is 0.587. The van der Waals surface area contributed by atoms with Crippen molar-refractivity contribution in [2.24, 2.45) is 0 Å². The molecule has 3 heteroatoms. The van der Waals surface area contributed by atoms with Crippen LogP contribution >= 0.6 is 0 Å². The first-order valence-corrected chi connectivity index (χ1v) is 4.08. The Labute approximate surface area is 66.2 Å². The topological polar surface area (TPSA) is 43.8 Å². The summed E-state index contributed by atoms with van der Waals surface area (Å²) in [4.78, 5) is 0. The Morgan fingerprint density at radius 2 is 2.36 bits per heavy atom. The molecule has 1 heterocycles. The molecule has 0 saturated heterocycles. The molecule has 0 unspecified atom stereocenters. The summed E-state index contributed by atoms with van der Waals surface area (Å²) >= 11 is 0. The fraction of sp³-hybridized carbons (Fsp3) is 0.625. The second kappa shape index (κ2) is 2.26. The molecule has 11 heavy (non-hydrogen) atoms. The molecule has 1 fully saturated rings. The molecule has 0 spiro atoms. The van der Waals surface area contributed by atoms with E-state index in [4.69, 9.17) is 5.73 Å². The van der Waals surface area contributed by atoms with Gasteiger partial charge in [-0.1, -0.05) is 0 Å². The first kappa shape index (κ1) is 6.70. The van der Waals surface area contributed by atoms with Crippen molar-refractivity contribution in [3.63, 3.8) is 0 Å². The van der Waals surface area contributed by atoms with E-state index in [9.17, 15) is 0 Å². The number of anilines is 1. The van der Waals surface area contributed by atoms with Gasteiger partial charge in [0.25, 0.3) is 0 Å². The highest BCUT2D eigenvalue weighted by molar-refractivity contribution is 5.37. The Hall–Kier alpha value is -0.990. The van der Waals surface area contributed by atoms with Crippen molar-refractivity contribution in [2.45, 2.75) is 32.2 Å². The number of nitrogens with two attached hydrogens (primary N) is 1. The van der Waals surface area contributed by atoms with E-state index in [2.05, 4.69) is 5.10 Å². The van der Waals surface area contributed by atoms with Gasteiger partial charge in [-0.15, -0.1) is 0 Å². The highest BCUT2D eigenvalue weighted by atomic mass is 15.3. The molecule has 1 aromatic heterocycles. The predicted octanol–water partition coefficient (Wildman–Crippen LogP) is 1.50. The Morgan fingerprint density at radius 3 is 2.73 bits per heavy atom. The van der Waals surface area contributed by atoms with E-state index in [1.54, 1.807) is 0 Å². The number of aromatic nitrogens is 2. The average molecular weight is 151 g/mol. The van der Waals surface area contributed by atoms with Crippen molar-refractivity contribution < 1.29 is 0 Å². The van der Waals surface area contributed by atoms with Crippen LogP contribution in [-0.2, 0) is 0 Å². The summed E-state index contributed by atoms with van der Waals surface area (Å²) in [5, 5.41) is 4.23. The maximum absolute atomic E-state index is 5.81. The molecule has 2 N–H and O–H groups in total. The largest absolute Gasteiger partial charge is 0.384 e. The first-order chi connectivity index (χ1) is 5.29. The monoisotopic (exact) mass is 151 g/mol. The molecule has 0 atom stereocenters. The van der Waals surface area contributed by atoms with Crippen LogP contribution in [0, 0.1) is 6.92 Å². The van der Waals surface area contributed by atoms with Gasteiger partial charge in [-0.25, -0.2) is 4.68 Å². The Morgan fingerprint density at radius 1 is 1.64 bits per heavy atom. The summed E-state index contributed by atoms with van der Waals surface area (Å²) in [5.74, 6) is 0.842. The summed E-state index contributed by atoms with van der Waals surface area (Å²) < 4.78 is 1.96. The highest BCUT2D eigenvalue weighted by Gasteiger charge is 2.21. The van der Waals surface area contributed by atoms with E-state index in [-0.39, 0.29) is 0 Å². The van der Waals surface area contributed by atoms with Crippen LogP contribution in [0.1, 0.15) is 30.9 Å². The van der Waals surface area contributed by atoms with Gasteiger partial charge < -0.3 is 5.73 Å². The lowest BCUT2D eigenvalue weighted by atomic mass is 9.93. The van der Waals surface area contributed by atoms with Gasteiger partial charge >= 0.3 is 0 Å². The van der Waals surface area contributed by atoms with Crippen molar-refractivity contribution in [1.29, 1.82) is 0 Å². The van der Waals surface area contributed by atoms with Gasteiger partial charge in [0.2, 0.25) is 0 Å². The highest BCUT2D eigenvalue weighted by Crippen LogP contribution is 2.33. The van der Waals surface area contributed by atoms with Gasteiger partial charge in [0.05, 0.1) is 12.2 Å². The normalized spacial score (nSPS) is 18.3. The van der Waals surface area contributed by atoms with E-state index in [1.165, 1.54) is 19.3 Å². The molecule has 2 rings (SSSR count). The SMILES string of the molecule is Cc1cnn(C2CCC2)c1N. The third kappa shape index (κ3) is 0.914. The minimum atomic E-state index is 0.587. The van der Waals surface area contributed by atoms with Gasteiger partial charge in [-0.3, -0.25) is 0 Å². The van der Waals surface area contributed by atoms with Crippen LogP contribution in [0.25, 0.3) is 0 Å². The van der Waals surface area contributed by atoms with Crippen LogP contribution in [-0.4, -0.2) is 9.78 Å². The number of aryl methyl sites for hydroxylation is 1. The summed E-state index contributed by atoms with van der Waals surface area (Å²) in [7, 11) is 0. The van der Waals surface area contributed by atoms with Crippen LogP contribution in [0.15, 0.2) is 6.20 Å².